The predicted molar refractivity (Wildman–Crippen MR) is 98.6 cm³/mol. The molecule has 7 heteroatoms. The summed E-state index contributed by atoms with van der Waals surface area (Å²) in [6.45, 7) is 0.128. The maximum absolute atomic E-state index is 13.6. The van der Waals surface area contributed by atoms with E-state index < -0.39 is 4.92 Å². The van der Waals surface area contributed by atoms with E-state index in [0.717, 1.165) is 13.3 Å². The summed E-state index contributed by atoms with van der Waals surface area (Å²) in [4.78, 5) is 9.84. The Bertz CT molecular complexity index is 711. The second-order valence-electron chi connectivity index (χ2n) is 4.29. The molecule has 0 N–H and O–H groups in total. The van der Waals surface area contributed by atoms with Crippen molar-refractivity contribution in [1.82, 2.24) is 0 Å². The highest BCUT2D eigenvalue weighted by Crippen LogP contribution is 2.30. The van der Waals surface area contributed by atoms with Crippen LogP contribution in [0.25, 0.3) is 6.08 Å². The lowest BCUT2D eigenvalue weighted by atomic mass is 10.2. The number of hydrogen-bond acceptors (Lipinski definition) is 3. The summed E-state index contributed by atoms with van der Waals surface area (Å²) < 4.78 is 20.9. The number of nitro groups is 1. The fraction of sp³-hybridized carbons (Fsp3) is 0.0667. The van der Waals surface area contributed by atoms with E-state index in [-0.39, 0.29) is 12.4 Å². The molecule has 0 aromatic heterocycles. The van der Waals surface area contributed by atoms with Crippen LogP contribution >= 0.6 is 45.2 Å². The van der Waals surface area contributed by atoms with Gasteiger partial charge in [-0.05, 0) is 68.9 Å². The Morgan fingerprint density at radius 3 is 2.45 bits per heavy atom. The minimum absolute atomic E-state index is 0.128. The Morgan fingerprint density at radius 1 is 1.23 bits per heavy atom. The van der Waals surface area contributed by atoms with Crippen LogP contribution in [0.15, 0.2) is 42.6 Å². The van der Waals surface area contributed by atoms with Gasteiger partial charge in [0.15, 0.2) is 0 Å². The molecule has 0 aliphatic carbocycles. The topological polar surface area (TPSA) is 52.4 Å². The SMILES string of the molecule is O=[N+]([O-])/C=C\c1cc(I)c(OCc2ccccc2F)c(I)c1. The number of benzene rings is 2. The van der Waals surface area contributed by atoms with E-state index in [1.165, 1.54) is 12.1 Å². The van der Waals surface area contributed by atoms with Gasteiger partial charge in [-0.25, -0.2) is 4.39 Å². The van der Waals surface area contributed by atoms with Crippen LogP contribution in [0, 0.1) is 23.1 Å². The van der Waals surface area contributed by atoms with Crippen molar-refractivity contribution < 1.29 is 14.1 Å². The number of hydrogen-bond donors (Lipinski definition) is 0. The molecule has 0 aliphatic rings. The second kappa shape index (κ2) is 7.86. The quantitative estimate of drug-likeness (QED) is 0.319. The third kappa shape index (κ3) is 4.63. The molecule has 0 fully saturated rings. The van der Waals surface area contributed by atoms with Gasteiger partial charge in [0.2, 0.25) is 6.20 Å². The third-order valence-electron chi connectivity index (χ3n) is 2.74. The first-order valence-corrected chi connectivity index (χ1v) is 8.30. The molecule has 4 nitrogen and oxygen atoms in total. The highest BCUT2D eigenvalue weighted by atomic mass is 127. The van der Waals surface area contributed by atoms with E-state index in [1.54, 1.807) is 30.3 Å². The van der Waals surface area contributed by atoms with Crippen molar-refractivity contribution in [2.45, 2.75) is 6.61 Å². The molecule has 0 bridgehead atoms. The van der Waals surface area contributed by atoms with Crippen LogP contribution in [0.3, 0.4) is 0 Å². The summed E-state index contributed by atoms with van der Waals surface area (Å²) in [6.07, 6.45) is 2.31. The Labute approximate surface area is 153 Å². The van der Waals surface area contributed by atoms with Crippen LogP contribution < -0.4 is 4.74 Å². The fourth-order valence-corrected chi connectivity index (χ4v) is 3.85. The first-order valence-electron chi connectivity index (χ1n) is 6.14. The predicted octanol–water partition coefficient (Wildman–Crippen LogP) is 4.86. The van der Waals surface area contributed by atoms with E-state index in [0.29, 0.717) is 16.9 Å². The van der Waals surface area contributed by atoms with Crippen LogP contribution in [-0.4, -0.2) is 4.92 Å². The highest BCUT2D eigenvalue weighted by Gasteiger charge is 2.10. The van der Waals surface area contributed by atoms with E-state index in [1.807, 2.05) is 0 Å². The number of ether oxygens (including phenoxy) is 1. The van der Waals surface area contributed by atoms with Crippen molar-refractivity contribution in [1.29, 1.82) is 0 Å². The van der Waals surface area contributed by atoms with E-state index in [4.69, 9.17) is 4.74 Å². The Balaban J connectivity index is 2.18. The van der Waals surface area contributed by atoms with Gasteiger partial charge in [-0.15, -0.1) is 0 Å². The molecule has 0 heterocycles. The molecule has 0 spiro atoms. The molecule has 114 valence electrons. The van der Waals surface area contributed by atoms with E-state index in [9.17, 15) is 14.5 Å². The second-order valence-corrected chi connectivity index (χ2v) is 6.62. The molecule has 2 aromatic rings. The number of halogens is 3. The third-order valence-corrected chi connectivity index (χ3v) is 4.34. The maximum Gasteiger partial charge on any atom is 0.235 e. The summed E-state index contributed by atoms with van der Waals surface area (Å²) in [5, 5.41) is 10.4. The molecule has 2 rings (SSSR count). The molecule has 0 atom stereocenters. The lowest BCUT2D eigenvalue weighted by Gasteiger charge is -2.11. The first kappa shape index (κ1) is 17.1. The normalized spacial score (nSPS) is 10.9. The standard InChI is InChI=1S/C15H10FI2NO3/c16-12-4-2-1-3-11(12)9-22-15-13(17)7-10(8-14(15)18)5-6-19(20)21/h1-8H,9H2/b6-5-. The number of rotatable bonds is 5. The molecule has 0 saturated carbocycles. The fourth-order valence-electron chi connectivity index (χ4n) is 1.73. The van der Waals surface area contributed by atoms with Gasteiger partial charge in [0, 0.05) is 11.6 Å². The summed E-state index contributed by atoms with van der Waals surface area (Å²) in [7, 11) is 0. The minimum atomic E-state index is -0.512. The largest absolute Gasteiger partial charge is 0.487 e. The van der Waals surface area contributed by atoms with Crippen molar-refractivity contribution in [3.05, 3.63) is 76.8 Å². The van der Waals surface area contributed by atoms with Crippen LogP contribution in [0.4, 0.5) is 4.39 Å². The lowest BCUT2D eigenvalue weighted by molar-refractivity contribution is -0.400. The Hall–Kier alpha value is -1.23. The van der Waals surface area contributed by atoms with Crippen LogP contribution in [0.1, 0.15) is 11.1 Å². The molecule has 22 heavy (non-hydrogen) atoms. The van der Waals surface area contributed by atoms with Gasteiger partial charge in [0.25, 0.3) is 0 Å². The summed E-state index contributed by atoms with van der Waals surface area (Å²) in [5.41, 5.74) is 1.19. The zero-order valence-corrected chi connectivity index (χ0v) is 15.4. The monoisotopic (exact) mass is 525 g/mol. The van der Waals surface area contributed by atoms with Crippen LogP contribution in [0.5, 0.6) is 5.75 Å². The average molecular weight is 525 g/mol. The van der Waals surface area contributed by atoms with Gasteiger partial charge >= 0.3 is 0 Å². The first-order chi connectivity index (χ1) is 10.5. The molecule has 0 radical (unpaired) electrons. The van der Waals surface area contributed by atoms with Crippen molar-refractivity contribution in [2.24, 2.45) is 0 Å². The van der Waals surface area contributed by atoms with Gasteiger partial charge in [0.1, 0.15) is 18.2 Å². The average Bonchev–Trinajstić information content (AvgIpc) is 2.46. The smallest absolute Gasteiger partial charge is 0.235 e. The van der Waals surface area contributed by atoms with E-state index >= 15 is 0 Å². The van der Waals surface area contributed by atoms with Gasteiger partial charge in [0.05, 0.1) is 12.1 Å². The highest BCUT2D eigenvalue weighted by molar-refractivity contribution is 14.1. The van der Waals surface area contributed by atoms with Crippen molar-refractivity contribution in [3.8, 4) is 5.75 Å². The summed E-state index contributed by atoms with van der Waals surface area (Å²) >= 11 is 4.19. The lowest BCUT2D eigenvalue weighted by Crippen LogP contribution is -2.01. The molecular formula is C15H10FI2NO3. The van der Waals surface area contributed by atoms with Crippen molar-refractivity contribution in [3.63, 3.8) is 0 Å². The van der Waals surface area contributed by atoms with Gasteiger partial charge in [-0.1, -0.05) is 18.2 Å². The van der Waals surface area contributed by atoms with Gasteiger partial charge in [-0.2, -0.15) is 0 Å². The zero-order chi connectivity index (χ0) is 16.1. The van der Waals surface area contributed by atoms with Crippen LogP contribution in [-0.2, 0) is 6.61 Å². The number of nitrogens with zero attached hydrogens (tertiary/aromatic N) is 1. The molecular weight excluding hydrogens is 515 g/mol. The van der Waals surface area contributed by atoms with Gasteiger partial charge in [-0.3, -0.25) is 10.1 Å². The maximum atomic E-state index is 13.6. The molecule has 0 aliphatic heterocycles. The molecule has 0 unspecified atom stereocenters. The summed E-state index contributed by atoms with van der Waals surface area (Å²) in [6, 6.07) is 9.99. The molecule has 0 amide bonds. The van der Waals surface area contributed by atoms with Crippen LogP contribution in [0.2, 0.25) is 0 Å². The van der Waals surface area contributed by atoms with E-state index in [2.05, 4.69) is 45.2 Å². The zero-order valence-electron chi connectivity index (χ0n) is 11.1. The Kier molecular flexibility index (Phi) is 6.12. The Morgan fingerprint density at radius 2 is 1.86 bits per heavy atom. The molecule has 0 saturated heterocycles. The van der Waals surface area contributed by atoms with Crippen molar-refractivity contribution >= 4 is 51.3 Å². The molecule has 2 aromatic carbocycles. The van der Waals surface area contributed by atoms with Gasteiger partial charge < -0.3 is 4.74 Å². The minimum Gasteiger partial charge on any atom is -0.487 e. The summed E-state index contributed by atoms with van der Waals surface area (Å²) in [5.74, 6) is 0.334. The van der Waals surface area contributed by atoms with Crippen molar-refractivity contribution in [2.75, 3.05) is 0 Å².